The first kappa shape index (κ1) is 21.3. The number of benzene rings is 3. The number of hydrogen-bond acceptors (Lipinski definition) is 2. The van der Waals surface area contributed by atoms with Crippen LogP contribution >= 0.6 is 0 Å². The third-order valence-corrected chi connectivity index (χ3v) is 5.44. The van der Waals surface area contributed by atoms with E-state index in [2.05, 4.69) is 12.1 Å². The van der Waals surface area contributed by atoms with Crippen molar-refractivity contribution in [3.8, 4) is 0 Å². The van der Waals surface area contributed by atoms with E-state index in [-0.39, 0.29) is 12.8 Å². The SMILES string of the molecule is O=C(O)[C@@H](Cc1ccccc1)[C@H](Cc1ccc(CCc2ccccc2)cc1)C(=O)O. The molecule has 154 valence electrons. The Morgan fingerprint density at radius 2 is 0.867 bits per heavy atom. The van der Waals surface area contributed by atoms with Gasteiger partial charge in [0.15, 0.2) is 0 Å². The van der Waals surface area contributed by atoms with Crippen molar-refractivity contribution in [1.29, 1.82) is 0 Å². The summed E-state index contributed by atoms with van der Waals surface area (Å²) in [6.45, 7) is 0. The molecule has 0 spiro atoms. The molecule has 2 N–H and O–H groups in total. The largest absolute Gasteiger partial charge is 0.481 e. The Morgan fingerprint density at radius 1 is 0.533 bits per heavy atom. The second-order valence-electron chi connectivity index (χ2n) is 7.59. The summed E-state index contributed by atoms with van der Waals surface area (Å²) in [5.41, 5.74) is 4.11. The fourth-order valence-electron chi connectivity index (χ4n) is 3.70. The van der Waals surface area contributed by atoms with Gasteiger partial charge in [0, 0.05) is 0 Å². The standard InChI is InChI=1S/C26H26O4/c27-25(28)23(17-21-9-5-2-6-10-21)24(26(29)30)18-22-15-13-20(14-16-22)12-11-19-7-3-1-4-8-19/h1-10,13-16,23-24H,11-12,17-18H2,(H,27,28)(H,29,30)/t23-,24-/m0/s1. The zero-order chi connectivity index (χ0) is 21.3. The molecule has 0 aliphatic carbocycles. The Labute approximate surface area is 176 Å². The van der Waals surface area contributed by atoms with Crippen LogP contribution in [-0.4, -0.2) is 22.2 Å². The van der Waals surface area contributed by atoms with E-state index in [0.29, 0.717) is 0 Å². The molecule has 0 radical (unpaired) electrons. The second kappa shape index (κ2) is 10.4. The number of carboxylic acids is 2. The maximum atomic E-state index is 11.9. The van der Waals surface area contributed by atoms with Crippen molar-refractivity contribution in [3.63, 3.8) is 0 Å². The summed E-state index contributed by atoms with van der Waals surface area (Å²) in [6.07, 6.45) is 2.23. The molecule has 4 nitrogen and oxygen atoms in total. The predicted octanol–water partition coefficient (Wildman–Crippen LogP) is 4.66. The van der Waals surface area contributed by atoms with Gasteiger partial charge in [-0.15, -0.1) is 0 Å². The van der Waals surface area contributed by atoms with Gasteiger partial charge in [-0.3, -0.25) is 9.59 Å². The maximum absolute atomic E-state index is 11.9. The van der Waals surface area contributed by atoms with E-state index in [1.165, 1.54) is 11.1 Å². The Bertz CT molecular complexity index is 949. The lowest BCUT2D eigenvalue weighted by molar-refractivity contribution is -0.153. The van der Waals surface area contributed by atoms with Gasteiger partial charge in [-0.25, -0.2) is 0 Å². The predicted molar refractivity (Wildman–Crippen MR) is 116 cm³/mol. The molecule has 0 unspecified atom stereocenters. The molecule has 0 aliphatic rings. The van der Waals surface area contributed by atoms with Gasteiger partial charge in [0.05, 0.1) is 11.8 Å². The van der Waals surface area contributed by atoms with Crippen molar-refractivity contribution < 1.29 is 19.8 Å². The number of rotatable bonds is 10. The van der Waals surface area contributed by atoms with Gasteiger partial charge < -0.3 is 10.2 Å². The van der Waals surface area contributed by atoms with Crippen LogP contribution in [0.25, 0.3) is 0 Å². The van der Waals surface area contributed by atoms with Gasteiger partial charge in [0.2, 0.25) is 0 Å². The van der Waals surface area contributed by atoms with Crippen molar-refractivity contribution in [1.82, 2.24) is 0 Å². The summed E-state index contributed by atoms with van der Waals surface area (Å²) < 4.78 is 0. The molecular weight excluding hydrogens is 376 g/mol. The van der Waals surface area contributed by atoms with Crippen LogP contribution < -0.4 is 0 Å². The maximum Gasteiger partial charge on any atom is 0.307 e. The fraction of sp³-hybridized carbons (Fsp3) is 0.231. The molecular formula is C26H26O4. The van der Waals surface area contributed by atoms with Gasteiger partial charge in [-0.2, -0.15) is 0 Å². The molecule has 0 fully saturated rings. The van der Waals surface area contributed by atoms with Crippen LogP contribution in [0.4, 0.5) is 0 Å². The van der Waals surface area contributed by atoms with Crippen LogP contribution in [0.2, 0.25) is 0 Å². The molecule has 0 aliphatic heterocycles. The lowest BCUT2D eigenvalue weighted by Gasteiger charge is -2.21. The first-order valence-electron chi connectivity index (χ1n) is 10.1. The van der Waals surface area contributed by atoms with Crippen molar-refractivity contribution in [2.24, 2.45) is 11.8 Å². The van der Waals surface area contributed by atoms with Gasteiger partial charge in [0.1, 0.15) is 0 Å². The first-order valence-corrected chi connectivity index (χ1v) is 10.1. The molecule has 30 heavy (non-hydrogen) atoms. The Morgan fingerprint density at radius 3 is 1.30 bits per heavy atom. The van der Waals surface area contributed by atoms with Gasteiger partial charge in [0.25, 0.3) is 0 Å². The molecule has 3 aromatic rings. The van der Waals surface area contributed by atoms with Gasteiger partial charge in [-0.1, -0.05) is 84.9 Å². The van der Waals surface area contributed by atoms with Crippen LogP contribution in [0.15, 0.2) is 84.9 Å². The smallest absolute Gasteiger partial charge is 0.307 e. The highest BCUT2D eigenvalue weighted by atomic mass is 16.4. The number of hydrogen-bond donors (Lipinski definition) is 2. The van der Waals surface area contributed by atoms with E-state index in [0.717, 1.165) is 24.0 Å². The molecule has 3 rings (SSSR count). The summed E-state index contributed by atoms with van der Waals surface area (Å²) in [5.74, 6) is -4.13. The zero-order valence-electron chi connectivity index (χ0n) is 16.8. The minimum absolute atomic E-state index is 0.193. The Hall–Kier alpha value is -3.40. The minimum atomic E-state index is -1.08. The van der Waals surface area contributed by atoms with E-state index in [1.807, 2.05) is 72.8 Å². The molecule has 0 amide bonds. The number of carboxylic acid groups (broad SMARTS) is 2. The van der Waals surface area contributed by atoms with Crippen LogP contribution in [0.3, 0.4) is 0 Å². The number of aliphatic carboxylic acids is 2. The highest BCUT2D eigenvalue weighted by molar-refractivity contribution is 5.80. The van der Waals surface area contributed by atoms with Crippen molar-refractivity contribution in [2.45, 2.75) is 25.7 Å². The monoisotopic (exact) mass is 402 g/mol. The quantitative estimate of drug-likeness (QED) is 0.517. The molecule has 0 saturated carbocycles. The highest BCUT2D eigenvalue weighted by Crippen LogP contribution is 2.23. The summed E-state index contributed by atoms with van der Waals surface area (Å²) in [6, 6.07) is 27.3. The van der Waals surface area contributed by atoms with E-state index in [1.54, 1.807) is 0 Å². The Balaban J connectivity index is 1.67. The van der Waals surface area contributed by atoms with Crippen LogP contribution in [0, 0.1) is 11.8 Å². The van der Waals surface area contributed by atoms with Crippen LogP contribution in [-0.2, 0) is 35.3 Å². The molecule has 0 aromatic heterocycles. The fourth-order valence-corrected chi connectivity index (χ4v) is 3.70. The van der Waals surface area contributed by atoms with E-state index < -0.39 is 23.8 Å². The normalized spacial score (nSPS) is 12.8. The third kappa shape index (κ3) is 6.05. The van der Waals surface area contributed by atoms with Crippen molar-refractivity contribution in [2.75, 3.05) is 0 Å². The van der Waals surface area contributed by atoms with Crippen molar-refractivity contribution >= 4 is 11.9 Å². The molecule has 4 heteroatoms. The number of aryl methyl sites for hydroxylation is 2. The molecule has 0 bridgehead atoms. The average Bonchev–Trinajstić information content (AvgIpc) is 2.76. The first-order chi connectivity index (χ1) is 14.5. The minimum Gasteiger partial charge on any atom is -0.481 e. The van der Waals surface area contributed by atoms with Crippen molar-refractivity contribution in [3.05, 3.63) is 107 Å². The second-order valence-corrected chi connectivity index (χ2v) is 7.59. The molecule has 3 aromatic carbocycles. The summed E-state index contributed by atoms with van der Waals surface area (Å²) in [4.78, 5) is 23.8. The molecule has 0 saturated heterocycles. The van der Waals surface area contributed by atoms with Crippen LogP contribution in [0.5, 0.6) is 0 Å². The lowest BCUT2D eigenvalue weighted by Crippen LogP contribution is -2.33. The summed E-state index contributed by atoms with van der Waals surface area (Å²) in [5, 5.41) is 19.4. The molecule has 2 atom stereocenters. The lowest BCUT2D eigenvalue weighted by atomic mass is 9.82. The number of carbonyl (C=O) groups is 2. The van der Waals surface area contributed by atoms with E-state index in [9.17, 15) is 19.8 Å². The zero-order valence-corrected chi connectivity index (χ0v) is 16.8. The highest BCUT2D eigenvalue weighted by Gasteiger charge is 2.33. The van der Waals surface area contributed by atoms with Gasteiger partial charge >= 0.3 is 11.9 Å². The van der Waals surface area contributed by atoms with E-state index in [4.69, 9.17) is 0 Å². The average molecular weight is 402 g/mol. The summed E-state index contributed by atoms with van der Waals surface area (Å²) in [7, 11) is 0. The molecule has 0 heterocycles. The topological polar surface area (TPSA) is 74.6 Å². The Kier molecular flexibility index (Phi) is 7.39. The summed E-state index contributed by atoms with van der Waals surface area (Å²) >= 11 is 0. The van der Waals surface area contributed by atoms with E-state index >= 15 is 0 Å². The third-order valence-electron chi connectivity index (χ3n) is 5.44. The van der Waals surface area contributed by atoms with Crippen LogP contribution in [0.1, 0.15) is 22.3 Å². The van der Waals surface area contributed by atoms with Gasteiger partial charge in [-0.05, 0) is 47.9 Å².